The van der Waals surface area contributed by atoms with E-state index in [0.717, 1.165) is 43.4 Å². The summed E-state index contributed by atoms with van der Waals surface area (Å²) in [6.45, 7) is 0. The third kappa shape index (κ3) is 2.04. The van der Waals surface area contributed by atoms with Gasteiger partial charge in [0.1, 0.15) is 0 Å². The van der Waals surface area contributed by atoms with Gasteiger partial charge in [0.25, 0.3) is 0 Å². The second-order valence-electron chi connectivity index (χ2n) is 10.2. The molecule has 0 aromatic heterocycles. The first-order valence-electron chi connectivity index (χ1n) is 12.5. The predicted molar refractivity (Wildman–Crippen MR) is 149 cm³/mol. The second-order valence-corrected chi connectivity index (χ2v) is 10.2. The lowest BCUT2D eigenvalue weighted by Crippen LogP contribution is -2.11. The number of fused-ring (bicyclic) bond motifs is 6. The van der Waals surface area contributed by atoms with E-state index in [1.807, 2.05) is 72.8 Å². The molecule has 0 unspecified atom stereocenters. The van der Waals surface area contributed by atoms with Crippen molar-refractivity contribution in [2.24, 2.45) is 0 Å². The second kappa shape index (κ2) is 6.36. The first-order chi connectivity index (χ1) is 18.6. The zero-order valence-electron chi connectivity index (χ0n) is 19.8. The highest BCUT2D eigenvalue weighted by Gasteiger charge is 2.33. The molecule has 7 aromatic carbocycles. The van der Waals surface area contributed by atoms with E-state index in [2.05, 4.69) is 0 Å². The van der Waals surface area contributed by atoms with E-state index in [0.29, 0.717) is 44.2 Å². The highest BCUT2D eigenvalue weighted by molar-refractivity contribution is 6.42. The molecule has 0 saturated heterocycles. The number of carbonyl (C=O) groups excluding carboxylic acids is 2. The van der Waals surface area contributed by atoms with Gasteiger partial charge in [-0.25, -0.2) is 0 Å². The zero-order valence-corrected chi connectivity index (χ0v) is 19.8. The van der Waals surface area contributed by atoms with Crippen molar-refractivity contribution in [3.63, 3.8) is 0 Å². The van der Waals surface area contributed by atoms with Crippen molar-refractivity contribution >= 4 is 54.7 Å². The number of hydrogen-bond donors (Lipinski definition) is 2. The van der Waals surface area contributed by atoms with Crippen LogP contribution >= 0.6 is 0 Å². The molecule has 0 heterocycles. The lowest BCUT2D eigenvalue weighted by molar-refractivity contribution is 0.103. The molecule has 4 nitrogen and oxygen atoms in total. The van der Waals surface area contributed by atoms with Gasteiger partial charge in [0.15, 0.2) is 23.1 Å². The minimum atomic E-state index is -0.240. The average Bonchev–Trinajstić information content (AvgIpc) is 2.96. The molecule has 0 amide bonds. The van der Waals surface area contributed by atoms with E-state index in [4.69, 9.17) is 0 Å². The number of ketones is 2. The Kier molecular flexibility index (Phi) is 3.33. The zero-order chi connectivity index (χ0) is 25.4. The quantitative estimate of drug-likeness (QED) is 0.131. The topological polar surface area (TPSA) is 74.6 Å². The van der Waals surface area contributed by atoms with Crippen LogP contribution in [0.5, 0.6) is 11.5 Å². The molecule has 0 spiro atoms. The van der Waals surface area contributed by atoms with Crippen LogP contribution in [0.25, 0.3) is 65.3 Å². The van der Waals surface area contributed by atoms with Gasteiger partial charge in [0.05, 0.1) is 0 Å². The van der Waals surface area contributed by atoms with Gasteiger partial charge in [-0.3, -0.25) is 9.59 Å². The number of rotatable bonds is 0. The molecule has 4 heteroatoms. The summed E-state index contributed by atoms with van der Waals surface area (Å²) < 4.78 is 0. The van der Waals surface area contributed by atoms with E-state index in [9.17, 15) is 19.8 Å². The Balaban J connectivity index is 1.57. The van der Waals surface area contributed by atoms with Crippen LogP contribution in [-0.2, 0) is 0 Å². The van der Waals surface area contributed by atoms with Crippen molar-refractivity contribution in [3.8, 4) is 33.8 Å². The van der Waals surface area contributed by atoms with Crippen molar-refractivity contribution in [1.29, 1.82) is 0 Å². The molecule has 176 valence electrons. The Morgan fingerprint density at radius 3 is 1.61 bits per heavy atom. The Labute approximate surface area is 215 Å². The van der Waals surface area contributed by atoms with Crippen LogP contribution in [0.4, 0.5) is 0 Å². The van der Waals surface area contributed by atoms with Crippen molar-refractivity contribution in [2.75, 3.05) is 0 Å². The lowest BCUT2D eigenvalue weighted by atomic mass is 9.76. The fraction of sp³-hybridized carbons (Fsp3) is 0. The molecule has 9 rings (SSSR count). The van der Waals surface area contributed by atoms with Gasteiger partial charge < -0.3 is 10.2 Å². The van der Waals surface area contributed by atoms with Crippen molar-refractivity contribution in [2.45, 2.75) is 0 Å². The molecule has 0 bridgehead atoms. The maximum atomic E-state index is 13.6. The van der Waals surface area contributed by atoms with Crippen LogP contribution in [0, 0.1) is 0 Å². The Hall–Kier alpha value is -5.22. The molecule has 0 aliphatic heterocycles. The van der Waals surface area contributed by atoms with Crippen molar-refractivity contribution < 1.29 is 19.8 Å². The molecule has 2 aliphatic carbocycles. The normalized spacial score (nSPS) is 13.6. The Bertz CT molecular complexity index is 2290. The van der Waals surface area contributed by atoms with E-state index >= 15 is 0 Å². The number of phenols is 2. The maximum Gasteiger partial charge on any atom is 0.194 e. The molecule has 38 heavy (non-hydrogen) atoms. The van der Waals surface area contributed by atoms with Gasteiger partial charge in [-0.15, -0.1) is 0 Å². The number of hydrogen-bond acceptors (Lipinski definition) is 4. The largest absolute Gasteiger partial charge is 0.504 e. The fourth-order valence-corrected chi connectivity index (χ4v) is 6.98. The summed E-state index contributed by atoms with van der Waals surface area (Å²) in [7, 11) is 0. The van der Waals surface area contributed by atoms with Crippen LogP contribution in [-0.4, -0.2) is 21.8 Å². The summed E-state index contributed by atoms with van der Waals surface area (Å²) in [6.07, 6.45) is 0. The minimum Gasteiger partial charge on any atom is -0.504 e. The van der Waals surface area contributed by atoms with Crippen molar-refractivity contribution in [3.05, 3.63) is 107 Å². The van der Waals surface area contributed by atoms with Gasteiger partial charge >= 0.3 is 0 Å². The number of phenolic OH excluding ortho intramolecular Hbond substituents is 2. The molecule has 7 aromatic rings. The van der Waals surface area contributed by atoms with E-state index in [1.54, 1.807) is 12.1 Å². The van der Waals surface area contributed by atoms with Crippen molar-refractivity contribution in [1.82, 2.24) is 0 Å². The van der Waals surface area contributed by atoms with Crippen LogP contribution < -0.4 is 0 Å². The minimum absolute atomic E-state index is 0.0258. The van der Waals surface area contributed by atoms with E-state index in [-0.39, 0.29) is 23.1 Å². The SMILES string of the molecule is O=C1c2ccccc2-c2ccc3c4c(O)c(O)c5c6c(ccc(c7ccc1c2c73)c64)C(=O)c1ccccc1-5. The summed E-state index contributed by atoms with van der Waals surface area (Å²) in [5.41, 5.74) is 5.26. The fourth-order valence-electron chi connectivity index (χ4n) is 6.98. The molecule has 0 radical (unpaired) electrons. The summed E-state index contributed by atoms with van der Waals surface area (Å²) >= 11 is 0. The third-order valence-electron chi connectivity index (χ3n) is 8.52. The number of carbonyl (C=O) groups is 2. The molecule has 2 aliphatic rings. The predicted octanol–water partition coefficient (Wildman–Crippen LogP) is 7.57. The lowest BCUT2D eigenvalue weighted by Gasteiger charge is -2.26. The van der Waals surface area contributed by atoms with Crippen LogP contribution in [0.15, 0.2) is 84.9 Å². The molecule has 0 saturated carbocycles. The standard InChI is InChI=1S/C34H16O4/c35-31-20-7-3-1-5-15(20)17-9-12-22-25-18(10-13-23(31)26(17)25)19-11-14-24-28-27(19)30(22)34(38)33(37)29(28)16-6-2-4-8-21(16)32(24)36/h1-14,37-38H. The first-order valence-corrected chi connectivity index (χ1v) is 12.5. The molecule has 0 fully saturated rings. The number of benzene rings is 7. The van der Waals surface area contributed by atoms with Crippen LogP contribution in [0.1, 0.15) is 31.8 Å². The highest BCUT2D eigenvalue weighted by Crippen LogP contribution is 2.56. The van der Waals surface area contributed by atoms with Crippen LogP contribution in [0.2, 0.25) is 0 Å². The molecule has 0 atom stereocenters. The van der Waals surface area contributed by atoms with Gasteiger partial charge in [-0.1, -0.05) is 72.8 Å². The monoisotopic (exact) mass is 488 g/mol. The molecular weight excluding hydrogens is 472 g/mol. The molecular formula is C34H16O4. The van der Waals surface area contributed by atoms with Gasteiger partial charge in [0.2, 0.25) is 0 Å². The Morgan fingerprint density at radius 1 is 0.368 bits per heavy atom. The van der Waals surface area contributed by atoms with Crippen LogP contribution in [0.3, 0.4) is 0 Å². The summed E-state index contributed by atoms with van der Waals surface area (Å²) in [4.78, 5) is 27.1. The summed E-state index contributed by atoms with van der Waals surface area (Å²) in [5, 5.41) is 29.2. The van der Waals surface area contributed by atoms with Gasteiger partial charge in [-0.05, 0) is 50.4 Å². The third-order valence-corrected chi connectivity index (χ3v) is 8.52. The first kappa shape index (κ1) is 19.9. The summed E-state index contributed by atoms with van der Waals surface area (Å²) in [6, 6.07) is 26.4. The smallest absolute Gasteiger partial charge is 0.194 e. The molecule has 2 N–H and O–H groups in total. The summed E-state index contributed by atoms with van der Waals surface area (Å²) in [5.74, 6) is -0.587. The number of aromatic hydroxyl groups is 2. The maximum absolute atomic E-state index is 13.6. The Morgan fingerprint density at radius 2 is 0.895 bits per heavy atom. The highest BCUT2D eigenvalue weighted by atomic mass is 16.3. The average molecular weight is 488 g/mol. The van der Waals surface area contributed by atoms with Gasteiger partial charge in [0, 0.05) is 49.4 Å². The van der Waals surface area contributed by atoms with E-state index in [1.165, 1.54) is 0 Å². The van der Waals surface area contributed by atoms with Gasteiger partial charge in [-0.2, -0.15) is 0 Å². The van der Waals surface area contributed by atoms with E-state index < -0.39 is 0 Å².